The first kappa shape index (κ1) is 22.3. The first-order chi connectivity index (χ1) is 15.2. The fourth-order valence-corrected chi connectivity index (χ4v) is 3.55. The lowest BCUT2D eigenvalue weighted by Crippen LogP contribution is -2.44. The minimum absolute atomic E-state index is 0.202. The van der Waals surface area contributed by atoms with Crippen molar-refractivity contribution in [3.63, 3.8) is 0 Å². The van der Waals surface area contributed by atoms with Crippen molar-refractivity contribution in [3.8, 4) is 0 Å². The van der Waals surface area contributed by atoms with E-state index in [0.717, 1.165) is 16.7 Å². The van der Waals surface area contributed by atoms with Crippen molar-refractivity contribution in [1.29, 1.82) is 0 Å². The fourth-order valence-electron chi connectivity index (χ4n) is 3.28. The number of rotatable bonds is 8. The van der Waals surface area contributed by atoms with Gasteiger partial charge < -0.3 is 20.7 Å². The predicted octanol–water partition coefficient (Wildman–Crippen LogP) is 4.88. The molecule has 0 saturated heterocycles. The second-order valence-electron chi connectivity index (χ2n) is 6.99. The van der Waals surface area contributed by atoms with Crippen LogP contribution in [0.1, 0.15) is 35.7 Å². The maximum Gasteiger partial charge on any atom is 0.408 e. The van der Waals surface area contributed by atoms with E-state index in [9.17, 15) is 4.79 Å². The van der Waals surface area contributed by atoms with Crippen molar-refractivity contribution < 1.29 is 9.53 Å². The van der Waals surface area contributed by atoms with Gasteiger partial charge in [0, 0.05) is 6.54 Å². The van der Waals surface area contributed by atoms with Gasteiger partial charge in [-0.3, -0.25) is 0 Å². The number of amides is 1. The van der Waals surface area contributed by atoms with Gasteiger partial charge >= 0.3 is 6.09 Å². The van der Waals surface area contributed by atoms with Gasteiger partial charge in [0.1, 0.15) is 6.61 Å². The van der Waals surface area contributed by atoms with Gasteiger partial charge in [-0.25, -0.2) is 4.79 Å². The molecule has 0 radical (unpaired) electrons. The van der Waals surface area contributed by atoms with E-state index < -0.39 is 12.1 Å². The number of carbonyl (C=O) groups excluding carboxylic acids is 1. The summed E-state index contributed by atoms with van der Waals surface area (Å²) in [6, 6.07) is 28.6. The fraction of sp³-hybridized carbons (Fsp3) is 0.200. The van der Waals surface area contributed by atoms with E-state index >= 15 is 0 Å². The van der Waals surface area contributed by atoms with Gasteiger partial charge in [0.05, 0.1) is 12.1 Å². The minimum Gasteiger partial charge on any atom is -0.445 e. The van der Waals surface area contributed by atoms with E-state index in [1.54, 1.807) is 0 Å². The molecule has 0 bridgehead atoms. The predicted molar refractivity (Wildman–Crippen MR) is 128 cm³/mol. The molecule has 0 spiro atoms. The first-order valence-corrected chi connectivity index (χ1v) is 10.7. The summed E-state index contributed by atoms with van der Waals surface area (Å²) in [6.07, 6.45) is -0.491. The number of benzene rings is 3. The van der Waals surface area contributed by atoms with Crippen LogP contribution in [0.2, 0.25) is 0 Å². The number of alkyl carbamates (subject to hydrolysis) is 1. The Bertz CT molecular complexity index is 952. The van der Waals surface area contributed by atoms with Gasteiger partial charge in [-0.05, 0) is 35.8 Å². The summed E-state index contributed by atoms with van der Waals surface area (Å²) >= 11 is 5.46. The van der Waals surface area contributed by atoms with Crippen LogP contribution in [-0.2, 0) is 11.3 Å². The van der Waals surface area contributed by atoms with Crippen LogP contribution >= 0.6 is 12.2 Å². The molecule has 6 heteroatoms. The van der Waals surface area contributed by atoms with Crippen LogP contribution in [0, 0.1) is 0 Å². The Morgan fingerprint density at radius 3 is 1.81 bits per heavy atom. The molecule has 3 aromatic carbocycles. The highest BCUT2D eigenvalue weighted by molar-refractivity contribution is 7.80. The molecule has 0 aliphatic carbocycles. The Kier molecular flexibility index (Phi) is 8.43. The highest BCUT2D eigenvalue weighted by Gasteiger charge is 2.27. The number of thiocarbonyl (C=S) groups is 1. The molecule has 3 aromatic rings. The smallest absolute Gasteiger partial charge is 0.408 e. The zero-order valence-electron chi connectivity index (χ0n) is 17.5. The lowest BCUT2D eigenvalue weighted by atomic mass is 9.93. The van der Waals surface area contributed by atoms with Crippen LogP contribution in [0.25, 0.3) is 0 Å². The average molecular weight is 434 g/mol. The molecule has 0 fully saturated rings. The van der Waals surface area contributed by atoms with Crippen LogP contribution < -0.4 is 16.0 Å². The zero-order valence-corrected chi connectivity index (χ0v) is 18.3. The van der Waals surface area contributed by atoms with Gasteiger partial charge in [0.2, 0.25) is 0 Å². The maximum atomic E-state index is 12.7. The van der Waals surface area contributed by atoms with Crippen molar-refractivity contribution >= 4 is 23.4 Å². The van der Waals surface area contributed by atoms with Crippen LogP contribution in [0.3, 0.4) is 0 Å². The topological polar surface area (TPSA) is 62.4 Å². The summed E-state index contributed by atoms with van der Waals surface area (Å²) in [5.74, 6) is 0. The van der Waals surface area contributed by atoms with Crippen molar-refractivity contribution in [2.45, 2.75) is 25.6 Å². The SMILES string of the molecule is CCNC(=S)N[C@@H](c1ccccc1)[C@@H](NC(=O)OCc1ccccc1)c1ccccc1. The summed E-state index contributed by atoms with van der Waals surface area (Å²) in [6.45, 7) is 2.89. The summed E-state index contributed by atoms with van der Waals surface area (Å²) in [7, 11) is 0. The molecule has 5 nitrogen and oxygen atoms in total. The Morgan fingerprint density at radius 2 is 1.29 bits per heavy atom. The number of nitrogens with one attached hydrogen (secondary N) is 3. The van der Waals surface area contributed by atoms with Crippen LogP contribution in [-0.4, -0.2) is 17.8 Å². The Labute approximate surface area is 188 Å². The third-order valence-corrected chi connectivity index (χ3v) is 5.02. The molecule has 0 unspecified atom stereocenters. The van der Waals surface area contributed by atoms with Crippen molar-refractivity contribution in [2.75, 3.05) is 6.54 Å². The standard InChI is InChI=1S/C25H27N3O2S/c1-2-26-24(31)27-22(20-14-8-4-9-15-20)23(21-16-10-5-11-17-21)28-25(29)30-18-19-12-6-3-7-13-19/h3-17,22-23H,2,18H2,1H3,(H,28,29)(H2,26,27,31)/t22-,23-/m0/s1. The van der Waals surface area contributed by atoms with Gasteiger partial charge in [0.15, 0.2) is 5.11 Å². The maximum absolute atomic E-state index is 12.7. The van der Waals surface area contributed by atoms with Gasteiger partial charge in [-0.15, -0.1) is 0 Å². The Balaban J connectivity index is 1.84. The van der Waals surface area contributed by atoms with Crippen LogP contribution in [0.5, 0.6) is 0 Å². The third kappa shape index (κ3) is 6.83. The van der Waals surface area contributed by atoms with E-state index in [1.807, 2.05) is 97.9 Å². The Morgan fingerprint density at radius 1 is 0.806 bits per heavy atom. The number of ether oxygens (including phenoxy) is 1. The summed E-state index contributed by atoms with van der Waals surface area (Å²) in [4.78, 5) is 12.7. The number of carbonyl (C=O) groups is 1. The molecular formula is C25H27N3O2S. The summed E-state index contributed by atoms with van der Waals surface area (Å²) in [5, 5.41) is 10.1. The summed E-state index contributed by atoms with van der Waals surface area (Å²) < 4.78 is 5.49. The van der Waals surface area contributed by atoms with Crippen molar-refractivity contribution in [2.24, 2.45) is 0 Å². The molecule has 3 N–H and O–H groups in total. The highest BCUT2D eigenvalue weighted by Crippen LogP contribution is 2.29. The Hall–Kier alpha value is -3.38. The van der Waals surface area contributed by atoms with Gasteiger partial charge in [-0.1, -0.05) is 91.0 Å². The highest BCUT2D eigenvalue weighted by atomic mass is 32.1. The molecule has 0 aromatic heterocycles. The largest absolute Gasteiger partial charge is 0.445 e. The van der Waals surface area contributed by atoms with E-state index in [0.29, 0.717) is 11.7 Å². The van der Waals surface area contributed by atoms with E-state index in [4.69, 9.17) is 17.0 Å². The van der Waals surface area contributed by atoms with Crippen LogP contribution in [0.4, 0.5) is 4.79 Å². The molecule has 3 rings (SSSR count). The van der Waals surface area contributed by atoms with E-state index in [-0.39, 0.29) is 12.6 Å². The first-order valence-electron chi connectivity index (χ1n) is 10.3. The molecule has 0 heterocycles. The third-order valence-electron chi connectivity index (χ3n) is 4.76. The van der Waals surface area contributed by atoms with Gasteiger partial charge in [0.25, 0.3) is 0 Å². The lowest BCUT2D eigenvalue weighted by Gasteiger charge is -2.30. The lowest BCUT2D eigenvalue weighted by molar-refractivity contribution is 0.133. The second-order valence-corrected chi connectivity index (χ2v) is 7.39. The minimum atomic E-state index is -0.491. The van der Waals surface area contributed by atoms with Gasteiger partial charge in [-0.2, -0.15) is 0 Å². The van der Waals surface area contributed by atoms with Crippen molar-refractivity contribution in [3.05, 3.63) is 108 Å². The normalized spacial score (nSPS) is 12.3. The molecule has 0 aliphatic heterocycles. The molecule has 0 saturated carbocycles. The van der Waals surface area contributed by atoms with Crippen LogP contribution in [0.15, 0.2) is 91.0 Å². The molecular weight excluding hydrogens is 406 g/mol. The molecule has 31 heavy (non-hydrogen) atoms. The monoisotopic (exact) mass is 433 g/mol. The molecule has 160 valence electrons. The second kappa shape index (κ2) is 11.7. The summed E-state index contributed by atoms with van der Waals surface area (Å²) in [5.41, 5.74) is 2.87. The number of hydrogen-bond acceptors (Lipinski definition) is 3. The number of hydrogen-bond donors (Lipinski definition) is 3. The molecule has 0 aliphatic rings. The molecule has 1 amide bonds. The zero-order chi connectivity index (χ0) is 21.9. The van der Waals surface area contributed by atoms with E-state index in [2.05, 4.69) is 16.0 Å². The molecule has 2 atom stereocenters. The van der Waals surface area contributed by atoms with Crippen molar-refractivity contribution in [1.82, 2.24) is 16.0 Å². The quantitative estimate of drug-likeness (QED) is 0.442. The van der Waals surface area contributed by atoms with E-state index in [1.165, 1.54) is 0 Å². The average Bonchev–Trinajstić information content (AvgIpc) is 2.82.